The minimum Gasteiger partial charge on any atom is -0.309 e. The van der Waals surface area contributed by atoms with Crippen LogP contribution in [0.2, 0.25) is 10.0 Å². The zero-order valence-electron chi connectivity index (χ0n) is 11.8. The van der Waals surface area contributed by atoms with Crippen molar-refractivity contribution in [2.75, 3.05) is 5.32 Å². The smallest absolute Gasteiger partial charge is 0.225 e. The van der Waals surface area contributed by atoms with Crippen LogP contribution in [0.1, 0.15) is 40.5 Å². The fraction of sp³-hybridized carbons (Fsp3) is 0.571. The van der Waals surface area contributed by atoms with Crippen molar-refractivity contribution in [1.82, 2.24) is 4.98 Å². The number of rotatable bonds is 4. The SMILES string of the molecule is C[C@H](CC(=O)Nc1ncc(Cl)cc1Cl)CC(C)(C)C. The van der Waals surface area contributed by atoms with Gasteiger partial charge in [0.15, 0.2) is 5.82 Å². The minimum atomic E-state index is -0.0755. The molecule has 1 N–H and O–H groups in total. The van der Waals surface area contributed by atoms with Crippen molar-refractivity contribution in [3.05, 3.63) is 22.3 Å². The lowest BCUT2D eigenvalue weighted by Crippen LogP contribution is -2.19. The fourth-order valence-electron chi connectivity index (χ4n) is 2.12. The van der Waals surface area contributed by atoms with Gasteiger partial charge in [-0.1, -0.05) is 50.9 Å². The van der Waals surface area contributed by atoms with Crippen LogP contribution in [0, 0.1) is 11.3 Å². The van der Waals surface area contributed by atoms with Gasteiger partial charge in [-0.2, -0.15) is 0 Å². The van der Waals surface area contributed by atoms with Crippen LogP contribution >= 0.6 is 23.2 Å². The van der Waals surface area contributed by atoms with Crippen LogP contribution < -0.4 is 5.32 Å². The Hall–Kier alpha value is -0.800. The molecule has 1 aromatic heterocycles. The maximum Gasteiger partial charge on any atom is 0.225 e. The molecule has 0 aliphatic heterocycles. The van der Waals surface area contributed by atoms with E-state index >= 15 is 0 Å². The minimum absolute atomic E-state index is 0.0755. The topological polar surface area (TPSA) is 42.0 Å². The number of pyridine rings is 1. The van der Waals surface area contributed by atoms with Crippen molar-refractivity contribution in [3.8, 4) is 0 Å². The largest absolute Gasteiger partial charge is 0.309 e. The number of carbonyl (C=O) groups excluding carboxylic acids is 1. The van der Waals surface area contributed by atoms with Crippen LogP contribution in [-0.4, -0.2) is 10.9 Å². The highest BCUT2D eigenvalue weighted by Crippen LogP contribution is 2.27. The van der Waals surface area contributed by atoms with Gasteiger partial charge in [0.1, 0.15) is 0 Å². The highest BCUT2D eigenvalue weighted by molar-refractivity contribution is 6.36. The third-order valence-corrected chi connectivity index (χ3v) is 3.06. The first-order valence-electron chi connectivity index (χ1n) is 6.28. The summed E-state index contributed by atoms with van der Waals surface area (Å²) in [5.74, 6) is 0.596. The molecule has 1 atom stereocenters. The Kier molecular flexibility index (Phi) is 5.63. The third-order valence-electron chi connectivity index (χ3n) is 2.56. The van der Waals surface area contributed by atoms with Crippen molar-refractivity contribution >= 4 is 34.9 Å². The summed E-state index contributed by atoms with van der Waals surface area (Å²) in [6.07, 6.45) is 2.90. The molecule has 0 spiro atoms. The van der Waals surface area contributed by atoms with Gasteiger partial charge in [0, 0.05) is 12.6 Å². The molecule has 0 bridgehead atoms. The van der Waals surface area contributed by atoms with Crippen LogP contribution in [0.25, 0.3) is 0 Å². The number of anilines is 1. The predicted octanol–water partition coefficient (Wildman–Crippen LogP) is 4.79. The molecular formula is C14H20Cl2N2O. The average Bonchev–Trinajstić information content (AvgIpc) is 2.19. The number of amides is 1. The lowest BCUT2D eigenvalue weighted by atomic mass is 9.84. The van der Waals surface area contributed by atoms with Crippen molar-refractivity contribution < 1.29 is 4.79 Å². The first-order valence-corrected chi connectivity index (χ1v) is 7.04. The number of aromatic nitrogens is 1. The van der Waals surface area contributed by atoms with Gasteiger partial charge in [-0.25, -0.2) is 4.98 Å². The molecule has 19 heavy (non-hydrogen) atoms. The van der Waals surface area contributed by atoms with E-state index in [2.05, 4.69) is 38.0 Å². The van der Waals surface area contributed by atoms with E-state index < -0.39 is 0 Å². The normalized spacial score (nSPS) is 13.2. The van der Waals surface area contributed by atoms with Gasteiger partial charge < -0.3 is 5.32 Å². The summed E-state index contributed by atoms with van der Waals surface area (Å²) in [5.41, 5.74) is 0.218. The summed E-state index contributed by atoms with van der Waals surface area (Å²) in [7, 11) is 0. The van der Waals surface area contributed by atoms with Crippen LogP contribution in [0.4, 0.5) is 5.82 Å². The summed E-state index contributed by atoms with van der Waals surface area (Å²) < 4.78 is 0. The Balaban J connectivity index is 2.56. The van der Waals surface area contributed by atoms with Gasteiger partial charge in [-0.15, -0.1) is 0 Å². The van der Waals surface area contributed by atoms with E-state index in [1.165, 1.54) is 6.20 Å². The van der Waals surface area contributed by atoms with E-state index in [1.807, 2.05) is 0 Å². The van der Waals surface area contributed by atoms with Crippen molar-refractivity contribution in [1.29, 1.82) is 0 Å². The Bertz CT molecular complexity index is 455. The van der Waals surface area contributed by atoms with Crippen molar-refractivity contribution in [2.45, 2.75) is 40.5 Å². The molecular weight excluding hydrogens is 283 g/mol. The van der Waals surface area contributed by atoms with Gasteiger partial charge in [-0.05, 0) is 23.8 Å². The van der Waals surface area contributed by atoms with Gasteiger partial charge in [0.25, 0.3) is 0 Å². The maximum atomic E-state index is 11.9. The molecule has 3 nitrogen and oxygen atoms in total. The van der Waals surface area contributed by atoms with Gasteiger partial charge in [0.2, 0.25) is 5.91 Å². The molecule has 1 aromatic rings. The lowest BCUT2D eigenvalue weighted by Gasteiger charge is -2.22. The zero-order valence-corrected chi connectivity index (χ0v) is 13.3. The van der Waals surface area contributed by atoms with Crippen LogP contribution in [0.15, 0.2) is 12.3 Å². The van der Waals surface area contributed by atoms with Crippen molar-refractivity contribution in [3.63, 3.8) is 0 Å². The number of nitrogens with zero attached hydrogens (tertiary/aromatic N) is 1. The molecule has 0 aromatic carbocycles. The van der Waals surface area contributed by atoms with E-state index in [0.717, 1.165) is 6.42 Å². The molecule has 1 heterocycles. The molecule has 0 radical (unpaired) electrons. The maximum absolute atomic E-state index is 11.9. The van der Waals surface area contributed by atoms with Crippen LogP contribution in [0.5, 0.6) is 0 Å². The van der Waals surface area contributed by atoms with Crippen LogP contribution in [-0.2, 0) is 4.79 Å². The van der Waals surface area contributed by atoms with E-state index in [1.54, 1.807) is 6.07 Å². The predicted molar refractivity (Wildman–Crippen MR) is 80.7 cm³/mol. The van der Waals surface area contributed by atoms with Crippen LogP contribution in [0.3, 0.4) is 0 Å². The van der Waals surface area contributed by atoms with Gasteiger partial charge in [0.05, 0.1) is 10.0 Å². The third kappa shape index (κ3) is 6.26. The molecule has 0 saturated heterocycles. The Morgan fingerprint density at radius 2 is 2.05 bits per heavy atom. The molecule has 5 heteroatoms. The number of hydrogen-bond donors (Lipinski definition) is 1. The quantitative estimate of drug-likeness (QED) is 0.869. The van der Waals surface area contributed by atoms with E-state index in [0.29, 0.717) is 28.2 Å². The van der Waals surface area contributed by atoms with E-state index in [4.69, 9.17) is 23.2 Å². The highest BCUT2D eigenvalue weighted by Gasteiger charge is 2.18. The summed E-state index contributed by atoms with van der Waals surface area (Å²) in [6, 6.07) is 1.56. The van der Waals surface area contributed by atoms with Gasteiger partial charge in [-0.3, -0.25) is 4.79 Å². The highest BCUT2D eigenvalue weighted by atomic mass is 35.5. The number of carbonyl (C=O) groups is 1. The van der Waals surface area contributed by atoms with E-state index in [9.17, 15) is 4.79 Å². The summed E-state index contributed by atoms with van der Waals surface area (Å²) >= 11 is 11.7. The summed E-state index contributed by atoms with van der Waals surface area (Å²) in [5, 5.41) is 3.51. The summed E-state index contributed by atoms with van der Waals surface area (Å²) in [4.78, 5) is 15.9. The molecule has 0 aliphatic carbocycles. The molecule has 0 fully saturated rings. The first kappa shape index (κ1) is 16.3. The second-order valence-electron chi connectivity index (χ2n) is 6.11. The van der Waals surface area contributed by atoms with Crippen molar-refractivity contribution in [2.24, 2.45) is 11.3 Å². The number of halogens is 2. The summed E-state index contributed by atoms with van der Waals surface area (Å²) in [6.45, 7) is 8.57. The molecule has 1 rings (SSSR count). The standard InChI is InChI=1S/C14H20Cl2N2O/c1-9(7-14(2,3)4)5-12(19)18-13-11(16)6-10(15)8-17-13/h6,8-9H,5,7H2,1-4H3,(H,17,18,19)/t9-/m1/s1. The Labute approximate surface area is 124 Å². The van der Waals surface area contributed by atoms with E-state index in [-0.39, 0.29) is 11.3 Å². The molecule has 0 aliphatic rings. The fourth-order valence-corrected chi connectivity index (χ4v) is 2.55. The Morgan fingerprint density at radius 3 is 2.58 bits per heavy atom. The molecule has 0 unspecified atom stereocenters. The second kappa shape index (κ2) is 6.58. The monoisotopic (exact) mass is 302 g/mol. The van der Waals surface area contributed by atoms with Gasteiger partial charge >= 0.3 is 0 Å². The zero-order chi connectivity index (χ0) is 14.6. The number of nitrogens with one attached hydrogen (secondary N) is 1. The molecule has 0 saturated carbocycles. The second-order valence-corrected chi connectivity index (χ2v) is 6.95. The first-order chi connectivity index (χ1) is 8.67. The Morgan fingerprint density at radius 1 is 1.42 bits per heavy atom. The molecule has 1 amide bonds. The molecule has 106 valence electrons. The lowest BCUT2D eigenvalue weighted by molar-refractivity contribution is -0.117. The number of hydrogen-bond acceptors (Lipinski definition) is 2. The average molecular weight is 303 g/mol.